The fraction of sp³-hybridized carbons (Fsp3) is 0.579. The van der Waals surface area contributed by atoms with Crippen molar-refractivity contribution in [2.75, 3.05) is 26.3 Å². The van der Waals surface area contributed by atoms with Gasteiger partial charge in [-0.1, -0.05) is 30.5 Å². The van der Waals surface area contributed by atoms with Crippen LogP contribution in [0.15, 0.2) is 24.3 Å². The highest BCUT2D eigenvalue weighted by Gasteiger charge is 2.02. The second-order valence-corrected chi connectivity index (χ2v) is 5.81. The Labute approximate surface area is 150 Å². The standard InChI is InChI=1S/C19H30N2O4/c1-3-24-18(22)8-6-4-5-7-13-20-19(23)21-14-15-25-17-11-9-16(2)10-12-17/h9-12H,3-8,13-15H2,1-2H3,(H2,20,21,23). The molecule has 0 unspecified atom stereocenters. The lowest BCUT2D eigenvalue weighted by molar-refractivity contribution is -0.143. The number of amides is 2. The number of urea groups is 1. The minimum Gasteiger partial charge on any atom is -0.492 e. The van der Waals surface area contributed by atoms with E-state index in [0.717, 1.165) is 31.4 Å². The molecule has 0 aliphatic heterocycles. The molecule has 6 heteroatoms. The molecule has 1 aromatic carbocycles. The summed E-state index contributed by atoms with van der Waals surface area (Å²) in [5, 5.41) is 5.57. The molecule has 0 fully saturated rings. The van der Waals surface area contributed by atoms with Crippen molar-refractivity contribution in [1.29, 1.82) is 0 Å². The van der Waals surface area contributed by atoms with E-state index in [1.807, 2.05) is 38.1 Å². The third-order valence-electron chi connectivity index (χ3n) is 3.58. The summed E-state index contributed by atoms with van der Waals surface area (Å²) >= 11 is 0. The molecule has 0 aliphatic rings. The Hall–Kier alpha value is -2.24. The van der Waals surface area contributed by atoms with Crippen molar-refractivity contribution in [3.63, 3.8) is 0 Å². The molecule has 0 spiro atoms. The lowest BCUT2D eigenvalue weighted by Gasteiger charge is -2.09. The van der Waals surface area contributed by atoms with Crippen LogP contribution in [0.3, 0.4) is 0 Å². The van der Waals surface area contributed by atoms with E-state index in [9.17, 15) is 9.59 Å². The predicted octanol–water partition coefficient (Wildman–Crippen LogP) is 3.19. The second-order valence-electron chi connectivity index (χ2n) is 5.81. The molecule has 0 aliphatic carbocycles. The van der Waals surface area contributed by atoms with Crippen LogP contribution in [-0.2, 0) is 9.53 Å². The topological polar surface area (TPSA) is 76.7 Å². The third kappa shape index (κ3) is 11.0. The van der Waals surface area contributed by atoms with Crippen molar-refractivity contribution >= 4 is 12.0 Å². The summed E-state index contributed by atoms with van der Waals surface area (Å²) in [6.07, 6.45) is 4.16. The zero-order valence-corrected chi connectivity index (χ0v) is 15.3. The molecule has 25 heavy (non-hydrogen) atoms. The van der Waals surface area contributed by atoms with Crippen LogP contribution in [0.1, 0.15) is 44.6 Å². The average molecular weight is 350 g/mol. The highest BCUT2D eigenvalue weighted by Crippen LogP contribution is 2.10. The maximum absolute atomic E-state index is 11.6. The average Bonchev–Trinajstić information content (AvgIpc) is 2.59. The minimum absolute atomic E-state index is 0.132. The van der Waals surface area contributed by atoms with Crippen LogP contribution in [0, 0.1) is 6.92 Å². The van der Waals surface area contributed by atoms with Gasteiger partial charge < -0.3 is 20.1 Å². The Morgan fingerprint density at radius 1 is 0.960 bits per heavy atom. The summed E-state index contributed by atoms with van der Waals surface area (Å²) < 4.78 is 10.4. The molecule has 0 atom stereocenters. The molecule has 0 saturated heterocycles. The molecule has 2 N–H and O–H groups in total. The number of ether oxygens (including phenoxy) is 2. The fourth-order valence-corrected chi connectivity index (χ4v) is 2.21. The van der Waals surface area contributed by atoms with Crippen molar-refractivity contribution in [2.45, 2.75) is 46.0 Å². The van der Waals surface area contributed by atoms with Crippen LogP contribution in [0.2, 0.25) is 0 Å². The van der Waals surface area contributed by atoms with Gasteiger partial charge in [0.25, 0.3) is 0 Å². The number of benzene rings is 1. The number of unbranched alkanes of at least 4 members (excludes halogenated alkanes) is 3. The highest BCUT2D eigenvalue weighted by atomic mass is 16.5. The summed E-state index contributed by atoms with van der Waals surface area (Å²) in [4.78, 5) is 22.8. The van der Waals surface area contributed by atoms with Crippen LogP contribution < -0.4 is 15.4 Å². The first-order valence-electron chi connectivity index (χ1n) is 8.98. The highest BCUT2D eigenvalue weighted by molar-refractivity contribution is 5.73. The van der Waals surface area contributed by atoms with Crippen LogP contribution >= 0.6 is 0 Å². The SMILES string of the molecule is CCOC(=O)CCCCCCNC(=O)NCCOc1ccc(C)cc1. The Bertz CT molecular complexity index is 503. The van der Waals surface area contributed by atoms with Gasteiger partial charge in [-0.15, -0.1) is 0 Å². The molecule has 2 amide bonds. The van der Waals surface area contributed by atoms with Crippen LogP contribution in [-0.4, -0.2) is 38.3 Å². The number of hydrogen-bond donors (Lipinski definition) is 2. The van der Waals surface area contributed by atoms with E-state index in [-0.39, 0.29) is 12.0 Å². The molecule has 0 aromatic heterocycles. The zero-order chi connectivity index (χ0) is 18.3. The molecule has 6 nitrogen and oxygen atoms in total. The van der Waals surface area contributed by atoms with E-state index in [1.165, 1.54) is 5.56 Å². The van der Waals surface area contributed by atoms with Crippen molar-refractivity contribution in [2.24, 2.45) is 0 Å². The quantitative estimate of drug-likeness (QED) is 0.448. The first-order chi connectivity index (χ1) is 12.1. The Balaban J connectivity index is 1.92. The summed E-state index contributed by atoms with van der Waals surface area (Å²) in [5.74, 6) is 0.670. The van der Waals surface area contributed by atoms with E-state index >= 15 is 0 Å². The number of carbonyl (C=O) groups is 2. The third-order valence-corrected chi connectivity index (χ3v) is 3.58. The van der Waals surface area contributed by atoms with Gasteiger partial charge in [0, 0.05) is 13.0 Å². The van der Waals surface area contributed by atoms with Gasteiger partial charge >= 0.3 is 12.0 Å². The maximum atomic E-state index is 11.6. The number of nitrogens with one attached hydrogen (secondary N) is 2. The predicted molar refractivity (Wildman–Crippen MR) is 97.8 cm³/mol. The Kier molecular flexibility index (Phi) is 10.9. The van der Waals surface area contributed by atoms with Crippen molar-refractivity contribution in [1.82, 2.24) is 10.6 Å². The van der Waals surface area contributed by atoms with E-state index in [0.29, 0.717) is 32.7 Å². The molecular formula is C19H30N2O4. The summed E-state index contributed by atoms with van der Waals surface area (Å²) in [6, 6.07) is 7.62. The Morgan fingerprint density at radius 3 is 2.36 bits per heavy atom. The van der Waals surface area contributed by atoms with E-state index in [4.69, 9.17) is 9.47 Å². The molecule has 0 bridgehead atoms. The number of carbonyl (C=O) groups excluding carboxylic acids is 2. The second kappa shape index (κ2) is 13.1. The van der Waals surface area contributed by atoms with Crippen molar-refractivity contribution in [3.8, 4) is 5.75 Å². The van der Waals surface area contributed by atoms with Crippen molar-refractivity contribution < 1.29 is 19.1 Å². The van der Waals surface area contributed by atoms with Crippen LogP contribution in [0.5, 0.6) is 5.75 Å². The van der Waals surface area contributed by atoms with Gasteiger partial charge in [-0.3, -0.25) is 4.79 Å². The molecule has 140 valence electrons. The van der Waals surface area contributed by atoms with Crippen molar-refractivity contribution in [3.05, 3.63) is 29.8 Å². The Morgan fingerprint density at radius 2 is 1.64 bits per heavy atom. The van der Waals surface area contributed by atoms with Gasteiger partial charge in [0.1, 0.15) is 12.4 Å². The smallest absolute Gasteiger partial charge is 0.314 e. The normalized spacial score (nSPS) is 10.2. The maximum Gasteiger partial charge on any atom is 0.314 e. The molecule has 0 saturated carbocycles. The number of aryl methyl sites for hydroxylation is 1. The molecule has 1 rings (SSSR count). The van der Waals surface area contributed by atoms with Gasteiger partial charge in [-0.2, -0.15) is 0 Å². The molecule has 0 heterocycles. The first-order valence-corrected chi connectivity index (χ1v) is 8.98. The lowest BCUT2D eigenvalue weighted by atomic mass is 10.1. The number of esters is 1. The minimum atomic E-state index is -0.181. The van der Waals surface area contributed by atoms with Gasteiger partial charge in [0.05, 0.1) is 13.2 Å². The van der Waals surface area contributed by atoms with Gasteiger partial charge in [0.2, 0.25) is 0 Å². The zero-order valence-electron chi connectivity index (χ0n) is 15.3. The van der Waals surface area contributed by atoms with E-state index in [2.05, 4.69) is 10.6 Å². The number of rotatable bonds is 12. The van der Waals surface area contributed by atoms with Gasteiger partial charge in [-0.05, 0) is 38.8 Å². The summed E-state index contributed by atoms with van der Waals surface area (Å²) in [6.45, 7) is 5.79. The monoisotopic (exact) mass is 350 g/mol. The van der Waals surface area contributed by atoms with E-state index < -0.39 is 0 Å². The lowest BCUT2D eigenvalue weighted by Crippen LogP contribution is -2.38. The summed E-state index contributed by atoms with van der Waals surface area (Å²) in [7, 11) is 0. The first kappa shape index (κ1) is 20.8. The largest absolute Gasteiger partial charge is 0.492 e. The van der Waals surface area contributed by atoms with Crippen LogP contribution in [0.4, 0.5) is 4.79 Å². The fourth-order valence-electron chi connectivity index (χ4n) is 2.21. The summed E-state index contributed by atoms with van der Waals surface area (Å²) in [5.41, 5.74) is 1.19. The molecule has 0 radical (unpaired) electrons. The van der Waals surface area contributed by atoms with Gasteiger partial charge in [-0.25, -0.2) is 4.79 Å². The molecule has 1 aromatic rings. The van der Waals surface area contributed by atoms with E-state index in [1.54, 1.807) is 0 Å². The van der Waals surface area contributed by atoms with Gasteiger partial charge in [0.15, 0.2) is 0 Å². The number of hydrogen-bond acceptors (Lipinski definition) is 4. The molecular weight excluding hydrogens is 320 g/mol. The van der Waals surface area contributed by atoms with Crippen LogP contribution in [0.25, 0.3) is 0 Å².